The lowest BCUT2D eigenvalue weighted by atomic mass is 10.0. The molecule has 7 nitrogen and oxygen atoms in total. The number of H-pyrrole nitrogens is 1. The fourth-order valence-electron chi connectivity index (χ4n) is 2.11. The molecule has 22 heavy (non-hydrogen) atoms. The van der Waals surface area contributed by atoms with Gasteiger partial charge in [-0.2, -0.15) is 0 Å². The molecule has 0 spiro atoms. The van der Waals surface area contributed by atoms with E-state index in [1.54, 1.807) is 47.1 Å². The van der Waals surface area contributed by atoms with Crippen LogP contribution in [0, 0.1) is 5.92 Å². The standard InChI is InChI=1S/C15H25N3O4/c1-10(2)12(13(19)20)18(14(21)22-15(3,4)5)7-6-11-8-16-9-17-11/h8-10,12H,6-7H2,1-5H3,(H,16,17)(H,19,20)/t12-/m0/s1. The number of hydrogen-bond donors (Lipinski definition) is 2. The van der Waals surface area contributed by atoms with E-state index in [1.165, 1.54) is 4.90 Å². The van der Waals surface area contributed by atoms with Crippen LogP contribution in [0.5, 0.6) is 0 Å². The Morgan fingerprint density at radius 3 is 2.45 bits per heavy atom. The number of nitrogens with zero attached hydrogens (tertiary/aromatic N) is 2. The number of carboxylic acids is 1. The van der Waals surface area contributed by atoms with E-state index in [1.807, 2.05) is 0 Å². The minimum Gasteiger partial charge on any atom is -0.480 e. The van der Waals surface area contributed by atoms with Gasteiger partial charge in [-0.25, -0.2) is 14.6 Å². The zero-order valence-corrected chi connectivity index (χ0v) is 13.8. The number of nitrogens with one attached hydrogen (secondary N) is 1. The van der Waals surface area contributed by atoms with Crippen LogP contribution < -0.4 is 0 Å². The highest BCUT2D eigenvalue weighted by molar-refractivity contribution is 5.80. The van der Waals surface area contributed by atoms with E-state index >= 15 is 0 Å². The number of amides is 1. The van der Waals surface area contributed by atoms with Gasteiger partial charge in [-0.1, -0.05) is 13.8 Å². The molecule has 0 fully saturated rings. The third-order valence-corrected chi connectivity index (χ3v) is 3.01. The molecule has 0 radical (unpaired) electrons. The molecule has 0 unspecified atom stereocenters. The van der Waals surface area contributed by atoms with Crippen LogP contribution in [0.1, 0.15) is 40.3 Å². The van der Waals surface area contributed by atoms with Crippen LogP contribution >= 0.6 is 0 Å². The fourth-order valence-corrected chi connectivity index (χ4v) is 2.11. The number of hydrogen-bond acceptors (Lipinski definition) is 4. The minimum atomic E-state index is -1.04. The number of aromatic amines is 1. The van der Waals surface area contributed by atoms with Crippen molar-refractivity contribution in [1.29, 1.82) is 0 Å². The molecule has 1 amide bonds. The van der Waals surface area contributed by atoms with Gasteiger partial charge in [0.1, 0.15) is 11.6 Å². The Labute approximate surface area is 130 Å². The van der Waals surface area contributed by atoms with Crippen LogP contribution in [0.15, 0.2) is 12.5 Å². The molecule has 1 aromatic heterocycles. The van der Waals surface area contributed by atoms with Gasteiger partial charge in [0, 0.05) is 19.2 Å². The minimum absolute atomic E-state index is 0.231. The van der Waals surface area contributed by atoms with E-state index in [2.05, 4.69) is 9.97 Å². The van der Waals surface area contributed by atoms with Gasteiger partial charge in [-0.3, -0.25) is 4.90 Å². The molecular weight excluding hydrogens is 286 g/mol. The Balaban J connectivity index is 2.92. The summed E-state index contributed by atoms with van der Waals surface area (Å²) in [6.07, 6.45) is 3.10. The van der Waals surface area contributed by atoms with Crippen LogP contribution in [-0.2, 0) is 16.0 Å². The topological polar surface area (TPSA) is 95.5 Å². The summed E-state index contributed by atoms with van der Waals surface area (Å²) in [6, 6.07) is -0.936. The van der Waals surface area contributed by atoms with Crippen molar-refractivity contribution in [2.75, 3.05) is 6.54 Å². The molecule has 124 valence electrons. The number of carbonyl (C=O) groups excluding carboxylic acids is 1. The summed E-state index contributed by atoms with van der Waals surface area (Å²) in [5.41, 5.74) is 0.0864. The molecule has 1 heterocycles. The van der Waals surface area contributed by atoms with E-state index in [4.69, 9.17) is 4.74 Å². The summed E-state index contributed by atoms with van der Waals surface area (Å²) in [7, 11) is 0. The number of aliphatic carboxylic acids is 1. The van der Waals surface area contributed by atoms with Crippen molar-refractivity contribution >= 4 is 12.1 Å². The van der Waals surface area contributed by atoms with Gasteiger partial charge in [0.25, 0.3) is 0 Å². The van der Waals surface area contributed by atoms with Gasteiger partial charge >= 0.3 is 12.1 Å². The van der Waals surface area contributed by atoms with Crippen LogP contribution in [0.2, 0.25) is 0 Å². The van der Waals surface area contributed by atoms with Crippen molar-refractivity contribution in [2.45, 2.75) is 52.7 Å². The summed E-state index contributed by atoms with van der Waals surface area (Å²) in [5, 5.41) is 9.45. The molecule has 1 atom stereocenters. The second kappa shape index (κ2) is 7.29. The third-order valence-electron chi connectivity index (χ3n) is 3.01. The maximum atomic E-state index is 12.4. The fraction of sp³-hybridized carbons (Fsp3) is 0.667. The molecule has 2 N–H and O–H groups in total. The summed E-state index contributed by atoms with van der Waals surface area (Å²) in [6.45, 7) is 9.02. The van der Waals surface area contributed by atoms with E-state index < -0.39 is 23.7 Å². The first kappa shape index (κ1) is 18.0. The number of imidazole rings is 1. The largest absolute Gasteiger partial charge is 0.480 e. The number of aromatic nitrogens is 2. The first-order valence-corrected chi connectivity index (χ1v) is 7.32. The average molecular weight is 311 g/mol. The Morgan fingerprint density at radius 2 is 2.05 bits per heavy atom. The van der Waals surface area contributed by atoms with Gasteiger partial charge in [0.15, 0.2) is 0 Å². The number of rotatable bonds is 6. The molecular formula is C15H25N3O4. The number of carboxylic acid groups (broad SMARTS) is 1. The van der Waals surface area contributed by atoms with Gasteiger partial charge in [0.2, 0.25) is 0 Å². The highest BCUT2D eigenvalue weighted by Gasteiger charge is 2.34. The zero-order valence-electron chi connectivity index (χ0n) is 13.8. The Kier molecular flexibility index (Phi) is 5.96. The Morgan fingerprint density at radius 1 is 1.41 bits per heavy atom. The predicted molar refractivity (Wildman–Crippen MR) is 81.5 cm³/mol. The molecule has 0 saturated heterocycles. The molecule has 0 bridgehead atoms. The van der Waals surface area contributed by atoms with Crippen molar-refractivity contribution in [1.82, 2.24) is 14.9 Å². The smallest absolute Gasteiger partial charge is 0.411 e. The van der Waals surface area contributed by atoms with Gasteiger partial charge in [-0.15, -0.1) is 0 Å². The lowest BCUT2D eigenvalue weighted by Crippen LogP contribution is -2.50. The molecule has 0 saturated carbocycles. The SMILES string of the molecule is CC(C)[C@@H](C(=O)O)N(CCc1c[nH]cn1)C(=O)OC(C)(C)C. The predicted octanol–water partition coefficient (Wildman–Crippen LogP) is 2.30. The third kappa shape index (κ3) is 5.38. The highest BCUT2D eigenvalue weighted by atomic mass is 16.6. The van der Waals surface area contributed by atoms with Crippen molar-refractivity contribution in [3.8, 4) is 0 Å². The second-order valence-corrected chi connectivity index (χ2v) is 6.51. The highest BCUT2D eigenvalue weighted by Crippen LogP contribution is 2.17. The first-order valence-electron chi connectivity index (χ1n) is 7.32. The van der Waals surface area contributed by atoms with Crippen LogP contribution in [0.3, 0.4) is 0 Å². The van der Waals surface area contributed by atoms with Crippen molar-refractivity contribution in [3.05, 3.63) is 18.2 Å². The molecule has 0 aliphatic rings. The quantitative estimate of drug-likeness (QED) is 0.840. The maximum Gasteiger partial charge on any atom is 0.411 e. The summed E-state index contributed by atoms with van der Waals surface area (Å²) in [4.78, 5) is 32.1. The van der Waals surface area contributed by atoms with E-state index in [0.29, 0.717) is 6.42 Å². The first-order chi connectivity index (χ1) is 10.1. The molecule has 0 aliphatic carbocycles. The van der Waals surface area contributed by atoms with Gasteiger partial charge < -0.3 is 14.8 Å². The lowest BCUT2D eigenvalue weighted by molar-refractivity contribution is -0.144. The molecule has 0 aliphatic heterocycles. The van der Waals surface area contributed by atoms with Crippen molar-refractivity contribution < 1.29 is 19.4 Å². The van der Waals surface area contributed by atoms with Crippen LogP contribution in [0.4, 0.5) is 4.79 Å². The number of carbonyl (C=O) groups is 2. The monoisotopic (exact) mass is 311 g/mol. The van der Waals surface area contributed by atoms with Gasteiger partial charge in [-0.05, 0) is 26.7 Å². The van der Waals surface area contributed by atoms with Crippen LogP contribution in [0.25, 0.3) is 0 Å². The summed E-state index contributed by atoms with van der Waals surface area (Å²) in [5.74, 6) is -1.27. The summed E-state index contributed by atoms with van der Waals surface area (Å²) < 4.78 is 5.35. The van der Waals surface area contributed by atoms with E-state index in [9.17, 15) is 14.7 Å². The Hall–Kier alpha value is -2.05. The Bertz CT molecular complexity index is 491. The average Bonchev–Trinajstić information content (AvgIpc) is 2.83. The second-order valence-electron chi connectivity index (χ2n) is 6.51. The van der Waals surface area contributed by atoms with Crippen LogP contribution in [-0.4, -0.2) is 50.2 Å². The zero-order chi connectivity index (χ0) is 16.9. The summed E-state index contributed by atoms with van der Waals surface area (Å²) >= 11 is 0. The molecule has 1 rings (SSSR count). The lowest BCUT2D eigenvalue weighted by Gasteiger charge is -2.33. The van der Waals surface area contributed by atoms with Crippen molar-refractivity contribution in [3.63, 3.8) is 0 Å². The molecule has 7 heteroatoms. The molecule has 0 aromatic carbocycles. The van der Waals surface area contributed by atoms with E-state index in [-0.39, 0.29) is 12.5 Å². The van der Waals surface area contributed by atoms with Crippen molar-refractivity contribution in [2.24, 2.45) is 5.92 Å². The normalized spacial score (nSPS) is 13.0. The molecule has 1 aromatic rings. The maximum absolute atomic E-state index is 12.4. The number of ether oxygens (including phenoxy) is 1. The van der Waals surface area contributed by atoms with E-state index in [0.717, 1.165) is 5.69 Å². The van der Waals surface area contributed by atoms with Gasteiger partial charge in [0.05, 0.1) is 12.0 Å².